The van der Waals surface area contributed by atoms with Crippen LogP contribution in [0.2, 0.25) is 0 Å². The number of benzene rings is 1. The molecule has 1 aliphatic rings. The van der Waals surface area contributed by atoms with Crippen molar-refractivity contribution in [2.45, 2.75) is 52.6 Å². The van der Waals surface area contributed by atoms with Crippen molar-refractivity contribution in [2.75, 3.05) is 20.2 Å². The minimum Gasteiger partial charge on any atom is -0.493 e. The summed E-state index contributed by atoms with van der Waals surface area (Å²) in [6.07, 6.45) is 9.36. The van der Waals surface area contributed by atoms with Gasteiger partial charge in [0.2, 0.25) is 5.91 Å². The molecule has 1 aromatic heterocycles. The minimum atomic E-state index is 0.0737. The second-order valence-electron chi connectivity index (χ2n) is 7.43. The molecule has 2 heterocycles. The van der Waals surface area contributed by atoms with E-state index in [4.69, 9.17) is 14.0 Å². The maximum atomic E-state index is 12.5. The Morgan fingerprint density at radius 2 is 1.86 bits per heavy atom. The Hall–Kier alpha value is -2.76. The van der Waals surface area contributed by atoms with Crippen LogP contribution in [0.15, 0.2) is 28.8 Å². The number of hydrogen-bond acceptors (Lipinski definition) is 5. The number of aryl methyl sites for hydroxylation is 2. The summed E-state index contributed by atoms with van der Waals surface area (Å²) >= 11 is 0. The number of nitrogens with zero attached hydrogens (tertiary/aromatic N) is 2. The van der Waals surface area contributed by atoms with Gasteiger partial charge in [0.05, 0.1) is 18.4 Å². The highest BCUT2D eigenvalue weighted by molar-refractivity contribution is 5.91. The zero-order valence-electron chi connectivity index (χ0n) is 17.6. The second-order valence-corrected chi connectivity index (χ2v) is 7.43. The molecule has 0 radical (unpaired) electrons. The molecule has 0 bridgehead atoms. The Morgan fingerprint density at radius 1 is 1.14 bits per heavy atom. The average Bonchev–Trinajstić information content (AvgIpc) is 3.02. The molecule has 1 aromatic carbocycles. The lowest BCUT2D eigenvalue weighted by atomic mass is 10.1. The molecule has 1 aliphatic heterocycles. The fraction of sp³-hybridized carbons (Fsp3) is 0.478. The van der Waals surface area contributed by atoms with Crippen LogP contribution in [-0.2, 0) is 11.4 Å². The van der Waals surface area contributed by atoms with Gasteiger partial charge in [-0.15, -0.1) is 0 Å². The lowest BCUT2D eigenvalue weighted by Crippen LogP contribution is -2.32. The van der Waals surface area contributed by atoms with Crippen molar-refractivity contribution < 1.29 is 18.8 Å². The van der Waals surface area contributed by atoms with Gasteiger partial charge in [-0.1, -0.05) is 30.5 Å². The van der Waals surface area contributed by atoms with E-state index >= 15 is 0 Å². The van der Waals surface area contributed by atoms with Gasteiger partial charge in [0.25, 0.3) is 0 Å². The number of carbonyl (C=O) groups is 1. The van der Waals surface area contributed by atoms with Crippen molar-refractivity contribution >= 4 is 12.0 Å². The Kier molecular flexibility index (Phi) is 7.33. The number of likely N-dealkylation sites (tertiary alicyclic amines) is 1. The third-order valence-electron chi connectivity index (χ3n) is 5.33. The Bertz CT molecular complexity index is 829. The molecule has 0 aliphatic carbocycles. The lowest BCUT2D eigenvalue weighted by molar-refractivity contribution is -0.126. The van der Waals surface area contributed by atoms with Crippen LogP contribution in [0, 0.1) is 13.8 Å². The Morgan fingerprint density at radius 3 is 2.52 bits per heavy atom. The number of amides is 1. The van der Waals surface area contributed by atoms with Crippen molar-refractivity contribution in [2.24, 2.45) is 0 Å². The van der Waals surface area contributed by atoms with Crippen LogP contribution >= 0.6 is 0 Å². The fourth-order valence-corrected chi connectivity index (χ4v) is 3.51. The molecule has 0 saturated carbocycles. The molecular formula is C23H30N2O4. The first-order chi connectivity index (χ1) is 14.1. The van der Waals surface area contributed by atoms with Gasteiger partial charge < -0.3 is 18.9 Å². The maximum Gasteiger partial charge on any atom is 0.246 e. The molecular weight excluding hydrogens is 368 g/mol. The summed E-state index contributed by atoms with van der Waals surface area (Å²) in [5, 5.41) is 3.94. The van der Waals surface area contributed by atoms with Crippen LogP contribution in [0.5, 0.6) is 11.5 Å². The standard InChI is InChI=1S/C23H30N2O4/c1-17-20(18(2)29-24-17)16-28-21-11-9-19(15-22(21)27-3)10-12-23(26)25-13-7-5-4-6-8-14-25/h9-12,15H,4-8,13-14,16H2,1-3H3. The first-order valence-electron chi connectivity index (χ1n) is 10.3. The highest BCUT2D eigenvalue weighted by atomic mass is 16.5. The lowest BCUT2D eigenvalue weighted by Gasteiger charge is -2.23. The van der Waals surface area contributed by atoms with E-state index in [1.165, 1.54) is 19.3 Å². The monoisotopic (exact) mass is 398 g/mol. The quantitative estimate of drug-likeness (QED) is 0.661. The fourth-order valence-electron chi connectivity index (χ4n) is 3.51. The average molecular weight is 399 g/mol. The summed E-state index contributed by atoms with van der Waals surface area (Å²) < 4.78 is 16.6. The van der Waals surface area contributed by atoms with Crippen LogP contribution in [0.3, 0.4) is 0 Å². The number of hydrogen-bond donors (Lipinski definition) is 0. The first kappa shape index (κ1) is 21.0. The number of rotatable bonds is 6. The van der Waals surface area contributed by atoms with E-state index in [1.807, 2.05) is 43.0 Å². The SMILES string of the molecule is COc1cc(C=CC(=O)N2CCCCCCC2)ccc1OCc1c(C)noc1C. The van der Waals surface area contributed by atoms with Gasteiger partial charge >= 0.3 is 0 Å². The summed E-state index contributed by atoms with van der Waals surface area (Å²) in [6, 6.07) is 5.65. The van der Waals surface area contributed by atoms with Crippen LogP contribution in [0.4, 0.5) is 0 Å². The van der Waals surface area contributed by atoms with Crippen molar-refractivity contribution in [3.8, 4) is 11.5 Å². The largest absolute Gasteiger partial charge is 0.493 e. The molecule has 3 rings (SSSR count). The number of ether oxygens (including phenoxy) is 2. The highest BCUT2D eigenvalue weighted by Gasteiger charge is 2.13. The van der Waals surface area contributed by atoms with Crippen LogP contribution < -0.4 is 9.47 Å². The molecule has 29 heavy (non-hydrogen) atoms. The molecule has 0 N–H and O–H groups in total. The van der Waals surface area contributed by atoms with Gasteiger partial charge in [0, 0.05) is 19.2 Å². The first-order valence-corrected chi connectivity index (χ1v) is 10.3. The Labute approximate surface area is 172 Å². The molecule has 2 aromatic rings. The van der Waals surface area contributed by atoms with Crippen molar-refractivity contribution in [1.82, 2.24) is 10.1 Å². The maximum absolute atomic E-state index is 12.5. The van der Waals surface area contributed by atoms with Crippen LogP contribution in [0.1, 0.15) is 54.7 Å². The summed E-state index contributed by atoms with van der Waals surface area (Å²) in [4.78, 5) is 14.5. The predicted molar refractivity (Wildman–Crippen MR) is 112 cm³/mol. The third kappa shape index (κ3) is 5.62. The molecule has 0 spiro atoms. The molecule has 1 fully saturated rings. The normalized spacial score (nSPS) is 15.2. The number of methoxy groups -OCH3 is 1. The Balaban J connectivity index is 1.64. The number of carbonyl (C=O) groups excluding carboxylic acids is 1. The van der Waals surface area contributed by atoms with E-state index in [0.29, 0.717) is 18.1 Å². The topological polar surface area (TPSA) is 64.8 Å². The van der Waals surface area contributed by atoms with Gasteiger partial charge in [0.1, 0.15) is 12.4 Å². The van der Waals surface area contributed by atoms with E-state index in [9.17, 15) is 4.79 Å². The van der Waals surface area contributed by atoms with Crippen molar-refractivity contribution in [1.29, 1.82) is 0 Å². The molecule has 1 amide bonds. The van der Waals surface area contributed by atoms with E-state index < -0.39 is 0 Å². The molecule has 6 nitrogen and oxygen atoms in total. The van der Waals surface area contributed by atoms with Gasteiger partial charge in [-0.25, -0.2) is 0 Å². The second kappa shape index (κ2) is 10.1. The molecule has 1 saturated heterocycles. The van der Waals surface area contributed by atoms with E-state index in [-0.39, 0.29) is 5.91 Å². The molecule has 0 unspecified atom stereocenters. The zero-order valence-corrected chi connectivity index (χ0v) is 17.6. The smallest absolute Gasteiger partial charge is 0.246 e. The summed E-state index contributed by atoms with van der Waals surface area (Å²) in [7, 11) is 1.61. The van der Waals surface area contributed by atoms with Gasteiger partial charge in [-0.05, 0) is 50.5 Å². The predicted octanol–water partition coefficient (Wildman–Crippen LogP) is 4.68. The summed E-state index contributed by atoms with van der Waals surface area (Å²) in [5.74, 6) is 2.09. The van der Waals surface area contributed by atoms with Crippen molar-refractivity contribution in [3.05, 3.63) is 46.9 Å². The zero-order chi connectivity index (χ0) is 20.6. The van der Waals surface area contributed by atoms with E-state index in [1.54, 1.807) is 13.2 Å². The van der Waals surface area contributed by atoms with Gasteiger partial charge in [-0.2, -0.15) is 0 Å². The minimum absolute atomic E-state index is 0.0737. The van der Waals surface area contributed by atoms with Gasteiger partial charge in [-0.3, -0.25) is 4.79 Å². The number of aromatic nitrogens is 1. The van der Waals surface area contributed by atoms with E-state index in [2.05, 4.69) is 5.16 Å². The summed E-state index contributed by atoms with van der Waals surface area (Å²) in [6.45, 7) is 5.82. The van der Waals surface area contributed by atoms with Gasteiger partial charge in [0.15, 0.2) is 11.5 Å². The van der Waals surface area contributed by atoms with E-state index in [0.717, 1.165) is 48.5 Å². The summed E-state index contributed by atoms with van der Waals surface area (Å²) in [5.41, 5.74) is 2.66. The third-order valence-corrected chi connectivity index (χ3v) is 5.33. The van der Waals surface area contributed by atoms with Crippen LogP contribution in [0.25, 0.3) is 6.08 Å². The highest BCUT2D eigenvalue weighted by Crippen LogP contribution is 2.30. The van der Waals surface area contributed by atoms with Crippen LogP contribution in [-0.4, -0.2) is 36.2 Å². The van der Waals surface area contributed by atoms with Crippen molar-refractivity contribution in [3.63, 3.8) is 0 Å². The molecule has 0 atom stereocenters. The molecule has 6 heteroatoms. The molecule has 156 valence electrons.